The van der Waals surface area contributed by atoms with E-state index in [1.54, 1.807) is 30.3 Å². The van der Waals surface area contributed by atoms with Gasteiger partial charge in [-0.3, -0.25) is 10.2 Å². The normalized spacial score (nSPS) is 13.8. The average molecular weight is 407 g/mol. The molecule has 0 atom stereocenters. The Morgan fingerprint density at radius 2 is 1.71 bits per heavy atom. The summed E-state index contributed by atoms with van der Waals surface area (Å²) in [6.07, 6.45) is 2.71. The molecule has 1 aliphatic rings. The number of sulfonamides is 1. The van der Waals surface area contributed by atoms with Crippen LogP contribution in [0.4, 0.5) is 0 Å². The summed E-state index contributed by atoms with van der Waals surface area (Å²) in [7, 11) is -3.77. The molecule has 0 fully saturated rings. The second kappa shape index (κ2) is 6.88. The highest BCUT2D eigenvalue weighted by molar-refractivity contribution is 9.10. The van der Waals surface area contributed by atoms with Crippen molar-refractivity contribution in [3.63, 3.8) is 0 Å². The van der Waals surface area contributed by atoms with Crippen molar-refractivity contribution in [2.45, 2.75) is 12.8 Å². The van der Waals surface area contributed by atoms with Crippen LogP contribution in [0.2, 0.25) is 0 Å². The van der Waals surface area contributed by atoms with E-state index in [1.807, 2.05) is 24.3 Å². The number of benzene rings is 2. The highest BCUT2D eigenvalue weighted by Gasteiger charge is 2.22. The van der Waals surface area contributed by atoms with Gasteiger partial charge in [-0.15, -0.1) is 4.83 Å². The number of nitrogens with one attached hydrogen (secondary N) is 2. The molecule has 2 N–H and O–H groups in total. The van der Waals surface area contributed by atoms with Crippen LogP contribution < -0.4 is 10.3 Å². The molecule has 0 spiro atoms. The molecule has 2 aromatic rings. The van der Waals surface area contributed by atoms with Crippen molar-refractivity contribution >= 4 is 37.9 Å². The highest BCUT2D eigenvalue weighted by atomic mass is 79.9. The summed E-state index contributed by atoms with van der Waals surface area (Å²) in [5.74, 6) is -0.511. The van der Waals surface area contributed by atoms with Crippen molar-refractivity contribution in [1.82, 2.24) is 10.3 Å². The molecule has 0 radical (unpaired) electrons. The topological polar surface area (TPSA) is 75.3 Å². The smallest absolute Gasteiger partial charge is 0.266 e. The Balaban J connectivity index is 1.72. The van der Waals surface area contributed by atoms with Gasteiger partial charge in [0.05, 0.1) is 4.91 Å². The third kappa shape index (κ3) is 3.75. The van der Waals surface area contributed by atoms with Crippen molar-refractivity contribution in [2.75, 3.05) is 0 Å². The minimum Gasteiger partial charge on any atom is -0.274 e. The number of fused-ring (bicyclic) bond motifs is 1. The second-order valence-electron chi connectivity index (χ2n) is 5.38. The van der Waals surface area contributed by atoms with Crippen LogP contribution in [0.3, 0.4) is 0 Å². The largest absolute Gasteiger partial charge is 0.274 e. The fraction of sp³-hybridized carbons (Fsp3) is 0.118. The molecule has 7 heteroatoms. The summed E-state index contributed by atoms with van der Waals surface area (Å²) in [6.45, 7) is 0. The maximum Gasteiger partial charge on any atom is 0.266 e. The zero-order valence-electron chi connectivity index (χ0n) is 12.6. The number of amides is 1. The first-order valence-corrected chi connectivity index (χ1v) is 9.59. The van der Waals surface area contributed by atoms with Gasteiger partial charge >= 0.3 is 0 Å². The van der Waals surface area contributed by atoms with Crippen molar-refractivity contribution < 1.29 is 13.2 Å². The third-order valence-electron chi connectivity index (χ3n) is 3.76. The minimum atomic E-state index is -3.77. The standard InChI is InChI=1S/C17H15BrN2O3S/c18-15-8-5-13(6-9-15)17(21)19-20-24(22,23)16-10-7-12-3-1-2-4-14(12)11-16/h1-6,8-9,11,20H,7,10H2,(H,19,21). The van der Waals surface area contributed by atoms with E-state index in [2.05, 4.69) is 26.2 Å². The number of hydrogen-bond acceptors (Lipinski definition) is 3. The number of allylic oxidation sites excluding steroid dienone is 1. The van der Waals surface area contributed by atoms with Crippen LogP contribution in [-0.4, -0.2) is 14.3 Å². The van der Waals surface area contributed by atoms with Crippen molar-refractivity contribution in [3.05, 3.63) is 74.6 Å². The predicted molar refractivity (Wildman–Crippen MR) is 96.4 cm³/mol. The monoisotopic (exact) mass is 406 g/mol. The van der Waals surface area contributed by atoms with E-state index in [0.29, 0.717) is 18.4 Å². The van der Waals surface area contributed by atoms with Gasteiger partial charge in [-0.2, -0.15) is 0 Å². The van der Waals surface area contributed by atoms with E-state index in [1.165, 1.54) is 0 Å². The fourth-order valence-corrected chi connectivity index (χ4v) is 3.75. The predicted octanol–water partition coefficient (Wildman–Crippen LogP) is 3.00. The summed E-state index contributed by atoms with van der Waals surface area (Å²) >= 11 is 3.28. The molecule has 0 aromatic heterocycles. The van der Waals surface area contributed by atoms with Gasteiger partial charge in [-0.1, -0.05) is 40.2 Å². The fourth-order valence-electron chi connectivity index (χ4n) is 2.47. The molecule has 3 rings (SSSR count). The summed E-state index contributed by atoms with van der Waals surface area (Å²) in [6, 6.07) is 14.3. The quantitative estimate of drug-likeness (QED) is 0.766. The molecule has 24 heavy (non-hydrogen) atoms. The molecule has 2 aromatic carbocycles. The number of rotatable bonds is 4. The second-order valence-corrected chi connectivity index (χ2v) is 8.03. The average Bonchev–Trinajstić information content (AvgIpc) is 2.60. The van der Waals surface area contributed by atoms with Crippen molar-refractivity contribution in [1.29, 1.82) is 0 Å². The maximum absolute atomic E-state index is 12.4. The van der Waals surface area contributed by atoms with Gasteiger partial charge in [0.2, 0.25) is 0 Å². The number of halogens is 1. The molecule has 0 bridgehead atoms. The molecule has 0 heterocycles. The van der Waals surface area contributed by atoms with Crippen LogP contribution in [0, 0.1) is 0 Å². The first kappa shape index (κ1) is 16.9. The van der Waals surface area contributed by atoms with Crippen LogP contribution in [0.5, 0.6) is 0 Å². The first-order valence-electron chi connectivity index (χ1n) is 7.32. The van der Waals surface area contributed by atoms with Gasteiger partial charge in [0.15, 0.2) is 0 Å². The van der Waals surface area contributed by atoms with E-state index in [9.17, 15) is 13.2 Å². The van der Waals surface area contributed by atoms with Crippen LogP contribution in [0.15, 0.2) is 57.9 Å². The van der Waals surface area contributed by atoms with Gasteiger partial charge < -0.3 is 0 Å². The maximum atomic E-state index is 12.4. The Morgan fingerprint density at radius 1 is 1.00 bits per heavy atom. The van der Waals surface area contributed by atoms with Gasteiger partial charge in [0.25, 0.3) is 15.9 Å². The lowest BCUT2D eigenvalue weighted by Gasteiger charge is -2.17. The number of carbonyl (C=O) groups is 1. The number of carbonyl (C=O) groups excluding carboxylic acids is 1. The molecule has 124 valence electrons. The Bertz CT molecular complexity index is 906. The molecule has 1 aliphatic carbocycles. The van der Waals surface area contributed by atoms with E-state index >= 15 is 0 Å². The SMILES string of the molecule is O=C(NNS(=O)(=O)C1=Cc2ccccc2CC1)c1ccc(Br)cc1. The lowest BCUT2D eigenvalue weighted by atomic mass is 9.98. The molecular formula is C17H15BrN2O3S. The molecular weight excluding hydrogens is 392 g/mol. The first-order chi connectivity index (χ1) is 11.5. The molecule has 0 saturated carbocycles. The summed E-state index contributed by atoms with van der Waals surface area (Å²) < 4.78 is 25.6. The lowest BCUT2D eigenvalue weighted by Crippen LogP contribution is -2.42. The lowest BCUT2D eigenvalue weighted by molar-refractivity contribution is 0.0945. The number of hydrazine groups is 1. The van der Waals surface area contributed by atoms with Crippen LogP contribution in [-0.2, 0) is 16.4 Å². The Labute approximate surface area is 148 Å². The van der Waals surface area contributed by atoms with Gasteiger partial charge in [-0.05, 0) is 54.3 Å². The van der Waals surface area contributed by atoms with Crippen molar-refractivity contribution in [2.24, 2.45) is 0 Å². The summed E-state index contributed by atoms with van der Waals surface area (Å²) in [4.78, 5) is 14.4. The van der Waals surface area contributed by atoms with Gasteiger partial charge in [0, 0.05) is 10.0 Å². The van der Waals surface area contributed by atoms with E-state index in [-0.39, 0.29) is 4.91 Å². The molecule has 0 saturated heterocycles. The minimum absolute atomic E-state index is 0.261. The zero-order valence-corrected chi connectivity index (χ0v) is 15.0. The highest BCUT2D eigenvalue weighted by Crippen LogP contribution is 2.26. The van der Waals surface area contributed by atoms with E-state index in [4.69, 9.17) is 0 Å². The van der Waals surface area contributed by atoms with Crippen LogP contribution in [0.1, 0.15) is 27.9 Å². The van der Waals surface area contributed by atoms with Gasteiger partial charge in [-0.25, -0.2) is 8.42 Å². The number of hydrogen-bond donors (Lipinski definition) is 2. The summed E-state index contributed by atoms with van der Waals surface area (Å²) in [5, 5.41) is 0. The zero-order chi connectivity index (χ0) is 17.2. The molecule has 0 aliphatic heterocycles. The molecule has 1 amide bonds. The van der Waals surface area contributed by atoms with E-state index < -0.39 is 15.9 Å². The molecule has 0 unspecified atom stereocenters. The Hall–Kier alpha value is -1.96. The Morgan fingerprint density at radius 3 is 2.46 bits per heavy atom. The van der Waals surface area contributed by atoms with Crippen molar-refractivity contribution in [3.8, 4) is 0 Å². The van der Waals surface area contributed by atoms with Crippen LogP contribution >= 0.6 is 15.9 Å². The molecule has 5 nitrogen and oxygen atoms in total. The van der Waals surface area contributed by atoms with Crippen LogP contribution in [0.25, 0.3) is 6.08 Å². The summed E-state index contributed by atoms with van der Waals surface area (Å²) in [5.41, 5.74) is 4.62. The van der Waals surface area contributed by atoms with E-state index in [0.717, 1.165) is 15.6 Å². The number of aryl methyl sites for hydroxylation is 1. The van der Waals surface area contributed by atoms with Gasteiger partial charge in [0.1, 0.15) is 0 Å². The third-order valence-corrected chi connectivity index (χ3v) is 5.67. The Kier molecular flexibility index (Phi) is 4.84.